The summed E-state index contributed by atoms with van der Waals surface area (Å²) < 4.78 is 2.50. The monoisotopic (exact) mass is 497 g/mol. The highest BCUT2D eigenvalue weighted by Crippen LogP contribution is 2.33. The molecule has 0 N–H and O–H groups in total. The van der Waals surface area contributed by atoms with Crippen LogP contribution in [0, 0.1) is 41.5 Å². The lowest BCUT2D eigenvalue weighted by Crippen LogP contribution is -2.56. The minimum absolute atomic E-state index is 0.155. The first-order valence-corrected chi connectivity index (χ1v) is 13.9. The van der Waals surface area contributed by atoms with Gasteiger partial charge in [-0.2, -0.15) is 0 Å². The fraction of sp³-hybridized carbons (Fsp3) is 0.176. The number of fused-ring (bicyclic) bond motifs is 3. The molecule has 0 amide bonds. The van der Waals surface area contributed by atoms with Crippen molar-refractivity contribution in [2.24, 2.45) is 0 Å². The molecule has 6 aromatic rings. The van der Waals surface area contributed by atoms with Gasteiger partial charge in [-0.3, -0.25) is 0 Å². The lowest BCUT2D eigenvalue weighted by molar-refractivity contribution is 1.23. The van der Waals surface area contributed by atoms with Crippen molar-refractivity contribution in [3.63, 3.8) is 0 Å². The van der Waals surface area contributed by atoms with Crippen molar-refractivity contribution in [2.45, 2.75) is 41.5 Å². The zero-order chi connectivity index (χ0) is 25.8. The molecule has 0 fully saturated rings. The molecule has 4 aromatic carbocycles. The first-order valence-electron chi connectivity index (χ1n) is 13.1. The third kappa shape index (κ3) is 3.84. The molecule has 2 heterocycles. The van der Waals surface area contributed by atoms with E-state index >= 15 is 0 Å². The van der Waals surface area contributed by atoms with E-state index in [1.165, 1.54) is 76.6 Å². The first kappa shape index (κ1) is 23.8. The van der Waals surface area contributed by atoms with Gasteiger partial charge in [-0.15, -0.1) is 11.3 Å². The van der Waals surface area contributed by atoms with Crippen LogP contribution in [0.15, 0.2) is 84.2 Å². The van der Waals surface area contributed by atoms with Gasteiger partial charge in [0.2, 0.25) is 6.71 Å². The van der Waals surface area contributed by atoms with Crippen LogP contribution in [0.4, 0.5) is 0 Å². The van der Waals surface area contributed by atoms with Gasteiger partial charge in [-0.05, 0) is 64.5 Å². The largest absolute Gasteiger partial charge is 0.301 e. The van der Waals surface area contributed by atoms with E-state index in [4.69, 9.17) is 0 Å². The predicted octanol–water partition coefficient (Wildman–Crippen LogP) is 7.21. The Labute approximate surface area is 224 Å². The van der Waals surface area contributed by atoms with Gasteiger partial charge < -0.3 is 4.57 Å². The van der Waals surface area contributed by atoms with Crippen LogP contribution in [0.25, 0.3) is 26.8 Å². The van der Waals surface area contributed by atoms with Crippen LogP contribution < -0.4 is 16.4 Å². The molecular formula is C34H32BNS. The van der Waals surface area contributed by atoms with Gasteiger partial charge in [0.05, 0.1) is 16.0 Å². The Bertz CT molecular complexity index is 1650. The third-order valence-electron chi connectivity index (χ3n) is 7.82. The maximum atomic E-state index is 2.50. The molecule has 0 atom stereocenters. The molecule has 0 saturated heterocycles. The van der Waals surface area contributed by atoms with Crippen LogP contribution in [0.5, 0.6) is 0 Å². The topological polar surface area (TPSA) is 4.93 Å². The van der Waals surface area contributed by atoms with Crippen molar-refractivity contribution in [1.29, 1.82) is 0 Å². The maximum Gasteiger partial charge on any atom is 0.246 e. The Kier molecular flexibility index (Phi) is 5.84. The van der Waals surface area contributed by atoms with Crippen molar-refractivity contribution in [3.05, 3.63) is 118 Å². The molecule has 6 rings (SSSR count). The summed E-state index contributed by atoms with van der Waals surface area (Å²) in [6.07, 6.45) is 0. The summed E-state index contributed by atoms with van der Waals surface area (Å²) >= 11 is 1.85. The van der Waals surface area contributed by atoms with E-state index in [0.29, 0.717) is 0 Å². The van der Waals surface area contributed by atoms with Crippen molar-refractivity contribution in [2.75, 3.05) is 0 Å². The van der Waals surface area contributed by atoms with E-state index in [-0.39, 0.29) is 6.71 Å². The van der Waals surface area contributed by atoms with Crippen LogP contribution >= 0.6 is 11.3 Å². The molecule has 0 radical (unpaired) electrons. The summed E-state index contributed by atoms with van der Waals surface area (Å²) in [5.74, 6) is 0. The Morgan fingerprint density at radius 2 is 1.00 bits per heavy atom. The van der Waals surface area contributed by atoms with Gasteiger partial charge in [0, 0.05) is 10.8 Å². The SMILES string of the molecule is Cc1cc(C)c(B(c2ccsc2-n2c3ccccc3c3ccccc32)c2c(C)cc(C)cc2C)c(C)c1. The maximum absolute atomic E-state index is 2.50. The Morgan fingerprint density at radius 3 is 1.46 bits per heavy atom. The quantitative estimate of drug-likeness (QED) is 0.227. The van der Waals surface area contributed by atoms with E-state index < -0.39 is 0 Å². The van der Waals surface area contributed by atoms with E-state index in [2.05, 4.69) is 130 Å². The number of para-hydroxylation sites is 2. The molecule has 0 aliphatic heterocycles. The minimum Gasteiger partial charge on any atom is -0.301 e. The van der Waals surface area contributed by atoms with Gasteiger partial charge in [0.15, 0.2) is 0 Å². The predicted molar refractivity (Wildman–Crippen MR) is 165 cm³/mol. The summed E-state index contributed by atoms with van der Waals surface area (Å²) in [5, 5.41) is 6.19. The summed E-state index contributed by atoms with van der Waals surface area (Å²) in [6, 6.07) is 29.4. The van der Waals surface area contributed by atoms with E-state index in [0.717, 1.165) is 0 Å². The van der Waals surface area contributed by atoms with Crippen LogP contribution in [0.1, 0.15) is 33.4 Å². The van der Waals surface area contributed by atoms with Gasteiger partial charge >= 0.3 is 0 Å². The van der Waals surface area contributed by atoms with Crippen LogP contribution in [0.3, 0.4) is 0 Å². The molecule has 2 aromatic heterocycles. The molecule has 0 aliphatic carbocycles. The molecule has 182 valence electrons. The highest BCUT2D eigenvalue weighted by molar-refractivity contribution is 7.16. The zero-order valence-corrected chi connectivity index (χ0v) is 23.3. The fourth-order valence-electron chi connectivity index (χ4n) is 6.60. The van der Waals surface area contributed by atoms with Crippen molar-refractivity contribution in [3.8, 4) is 5.00 Å². The highest BCUT2D eigenvalue weighted by atomic mass is 32.1. The second kappa shape index (κ2) is 9.08. The molecule has 3 heteroatoms. The number of aryl methyl sites for hydroxylation is 6. The summed E-state index contributed by atoms with van der Waals surface area (Å²) in [4.78, 5) is 0. The number of hydrogen-bond donors (Lipinski definition) is 0. The number of nitrogens with zero attached hydrogens (tertiary/aromatic N) is 1. The average molecular weight is 498 g/mol. The lowest BCUT2D eigenvalue weighted by Gasteiger charge is -2.25. The normalized spacial score (nSPS) is 11.5. The Hall–Kier alpha value is -3.56. The molecular weight excluding hydrogens is 465 g/mol. The van der Waals surface area contributed by atoms with Crippen molar-refractivity contribution in [1.82, 2.24) is 4.57 Å². The van der Waals surface area contributed by atoms with Crippen LogP contribution in [-0.2, 0) is 0 Å². The van der Waals surface area contributed by atoms with Gasteiger partial charge in [-0.1, -0.05) is 111 Å². The Morgan fingerprint density at radius 1 is 0.568 bits per heavy atom. The van der Waals surface area contributed by atoms with Gasteiger partial charge in [0.25, 0.3) is 0 Å². The summed E-state index contributed by atoms with van der Waals surface area (Å²) in [7, 11) is 0. The molecule has 1 nitrogen and oxygen atoms in total. The van der Waals surface area contributed by atoms with E-state index in [9.17, 15) is 0 Å². The van der Waals surface area contributed by atoms with E-state index in [1.807, 2.05) is 11.3 Å². The minimum atomic E-state index is 0.155. The molecule has 0 saturated carbocycles. The number of benzene rings is 4. The second-order valence-electron chi connectivity index (χ2n) is 10.6. The second-order valence-corrected chi connectivity index (χ2v) is 11.5. The average Bonchev–Trinajstić information content (AvgIpc) is 3.44. The smallest absolute Gasteiger partial charge is 0.246 e. The number of thiophene rings is 1. The first-order chi connectivity index (χ1) is 17.8. The molecule has 0 bridgehead atoms. The van der Waals surface area contributed by atoms with Crippen molar-refractivity contribution >= 4 is 56.2 Å². The third-order valence-corrected chi connectivity index (χ3v) is 8.74. The lowest BCUT2D eigenvalue weighted by atomic mass is 9.34. The number of aromatic nitrogens is 1. The van der Waals surface area contributed by atoms with Crippen LogP contribution in [0.2, 0.25) is 0 Å². The molecule has 0 spiro atoms. The standard InChI is InChI=1S/C34H32BNS/c1-21-17-23(3)32(24(4)18-21)35(33-25(5)19-22(2)20-26(33)6)29-15-16-37-34(29)36-30-13-9-7-11-27(30)28-12-8-10-14-31(28)36/h7-20H,1-6H3. The Balaban J connectivity index is 1.72. The molecule has 0 unspecified atom stereocenters. The van der Waals surface area contributed by atoms with E-state index in [1.54, 1.807) is 0 Å². The molecule has 37 heavy (non-hydrogen) atoms. The number of hydrogen-bond acceptors (Lipinski definition) is 1. The summed E-state index contributed by atoms with van der Waals surface area (Å²) in [5.41, 5.74) is 14.9. The molecule has 0 aliphatic rings. The fourth-order valence-corrected chi connectivity index (χ4v) is 7.57. The zero-order valence-electron chi connectivity index (χ0n) is 22.5. The van der Waals surface area contributed by atoms with Gasteiger partial charge in [0.1, 0.15) is 0 Å². The van der Waals surface area contributed by atoms with Gasteiger partial charge in [-0.25, -0.2) is 0 Å². The van der Waals surface area contributed by atoms with Crippen LogP contribution in [-0.4, -0.2) is 11.3 Å². The number of rotatable bonds is 4. The highest BCUT2D eigenvalue weighted by Gasteiger charge is 2.32. The summed E-state index contributed by atoms with van der Waals surface area (Å²) in [6.45, 7) is 13.7. The van der Waals surface area contributed by atoms with Crippen molar-refractivity contribution < 1.29 is 0 Å².